The fraction of sp³-hybridized carbons (Fsp3) is 0.0952. The van der Waals surface area contributed by atoms with E-state index in [0.29, 0.717) is 16.7 Å². The summed E-state index contributed by atoms with van der Waals surface area (Å²) in [5.41, 5.74) is 6.65. The fourth-order valence-corrected chi connectivity index (χ4v) is 7.51. The number of aliphatic hydroxyl groups excluding tert-OH is 2. The van der Waals surface area contributed by atoms with Gasteiger partial charge in [-0.3, -0.25) is 4.98 Å². The first-order valence-electron chi connectivity index (χ1n) is 24.1. The number of hydrogen-bond acceptors (Lipinski definition) is 12. The van der Waals surface area contributed by atoms with Gasteiger partial charge in [-0.05, 0) is 104 Å². The minimum atomic E-state index is -5.78. The molecule has 436 valence electrons. The van der Waals surface area contributed by atoms with Crippen molar-refractivity contribution in [3.63, 3.8) is 0 Å². The topological polar surface area (TPSA) is 182 Å². The van der Waals surface area contributed by atoms with Gasteiger partial charge in [-0.15, -0.1) is 94.3 Å². The van der Waals surface area contributed by atoms with Crippen molar-refractivity contribution in [3.05, 3.63) is 249 Å². The van der Waals surface area contributed by atoms with Crippen molar-refractivity contribution < 1.29 is 99.2 Å². The fourth-order valence-electron chi connectivity index (χ4n) is 7.43. The standard InChI is InChI=1S/C18H12FNO.C18H11FNO.2C11H8N.C2H6O.CHF3O4S.CH4O.CH3.2Ir/c2*1-11-7-8-20-16(9-11)15-4-2-3-14-13-6-5-12(19)10-17(13)21-18(14)15;2*1-2-6-10(7-3-1)11-8-4-5-9-12-11;1-2-3;2-1(3,4)9(6,7)8-5;1-2;;;/h2-10H,1H3;2-3,5-10H,1H3;2*1-6,8-9H;3H,2H2,1H3;5H;2H,1H3;1H3;;/q;3*-1;;;;-1;;. The van der Waals surface area contributed by atoms with Crippen molar-refractivity contribution in [1.29, 1.82) is 0 Å². The van der Waals surface area contributed by atoms with Crippen LogP contribution in [0.5, 0.6) is 0 Å². The zero-order valence-electron chi connectivity index (χ0n) is 44.9. The maximum Gasteiger partial charge on any atom is 0.525 e. The molecule has 0 atom stereocenters. The average Bonchev–Trinajstić information content (AvgIpc) is 2.59. The molecule has 0 unspecified atom stereocenters. The number of hydrogen-bond donors (Lipinski definition) is 3. The van der Waals surface area contributed by atoms with E-state index in [1.165, 1.54) is 24.3 Å². The quantitative estimate of drug-likeness (QED) is 0.0488. The van der Waals surface area contributed by atoms with Crippen LogP contribution in [0.4, 0.5) is 22.0 Å². The van der Waals surface area contributed by atoms with Gasteiger partial charge < -0.3 is 41.4 Å². The van der Waals surface area contributed by atoms with Gasteiger partial charge in [-0.25, -0.2) is 14.0 Å². The second-order valence-electron chi connectivity index (χ2n) is 16.5. The summed E-state index contributed by atoms with van der Waals surface area (Å²) in [6.45, 7) is 5.97. The molecule has 12 aromatic rings. The average molecular weight is 1510 g/mol. The van der Waals surface area contributed by atoms with E-state index in [1.54, 1.807) is 43.8 Å². The van der Waals surface area contributed by atoms with Crippen molar-refractivity contribution in [2.24, 2.45) is 0 Å². The number of benzene rings is 6. The van der Waals surface area contributed by atoms with Crippen LogP contribution < -0.4 is 0 Å². The Balaban J connectivity index is 0.000000273. The minimum absolute atomic E-state index is 0. The number of pyridine rings is 4. The summed E-state index contributed by atoms with van der Waals surface area (Å²) >= 11 is 0. The summed E-state index contributed by atoms with van der Waals surface area (Å²) in [6.07, 6.45) is 7.12. The maximum atomic E-state index is 13.4. The first-order valence-corrected chi connectivity index (χ1v) is 25.5. The van der Waals surface area contributed by atoms with Crippen LogP contribution in [-0.4, -0.2) is 63.0 Å². The molecule has 12 rings (SSSR count). The Bertz CT molecular complexity index is 3670. The number of rotatable bonds is 5. The van der Waals surface area contributed by atoms with Crippen molar-refractivity contribution >= 4 is 54.0 Å². The van der Waals surface area contributed by atoms with Crippen LogP contribution in [0.3, 0.4) is 0 Å². The molecule has 3 N–H and O–H groups in total. The summed E-state index contributed by atoms with van der Waals surface area (Å²) in [6, 6.07) is 63.6. The number of para-hydroxylation sites is 1. The molecular weight excluding hydrogens is 1450 g/mol. The minimum Gasteiger partial charge on any atom is -0.500 e. The van der Waals surface area contributed by atoms with Crippen LogP contribution >= 0.6 is 0 Å². The molecule has 0 aliphatic carbocycles. The molecule has 0 aliphatic rings. The summed E-state index contributed by atoms with van der Waals surface area (Å²) in [5.74, 6) is -0.599. The van der Waals surface area contributed by atoms with Crippen molar-refractivity contribution in [1.82, 2.24) is 19.9 Å². The van der Waals surface area contributed by atoms with Gasteiger partial charge in [-0.2, -0.15) is 21.6 Å². The third-order valence-electron chi connectivity index (χ3n) is 10.9. The third-order valence-corrected chi connectivity index (χ3v) is 11.7. The van der Waals surface area contributed by atoms with E-state index in [0.717, 1.165) is 90.4 Å². The van der Waals surface area contributed by atoms with E-state index in [2.05, 4.69) is 42.5 Å². The monoisotopic (exact) mass is 1510 g/mol. The van der Waals surface area contributed by atoms with Crippen LogP contribution in [0.15, 0.2) is 210 Å². The van der Waals surface area contributed by atoms with Gasteiger partial charge in [0.25, 0.3) is 0 Å². The van der Waals surface area contributed by atoms with E-state index in [-0.39, 0.29) is 65.9 Å². The van der Waals surface area contributed by atoms with Gasteiger partial charge >= 0.3 is 15.6 Å². The van der Waals surface area contributed by atoms with E-state index >= 15 is 0 Å². The van der Waals surface area contributed by atoms with Gasteiger partial charge in [0.1, 0.15) is 28.4 Å². The molecule has 0 spiro atoms. The molecule has 0 saturated carbocycles. The number of fused-ring (bicyclic) bond motifs is 6. The Hall–Kier alpha value is -7.74. The Morgan fingerprint density at radius 3 is 1.42 bits per heavy atom. The maximum absolute atomic E-state index is 13.4. The second kappa shape index (κ2) is 34.0. The Morgan fingerprint density at radius 2 is 0.988 bits per heavy atom. The molecule has 83 heavy (non-hydrogen) atoms. The van der Waals surface area contributed by atoms with Crippen molar-refractivity contribution in [3.8, 4) is 45.0 Å². The van der Waals surface area contributed by atoms with E-state index < -0.39 is 15.6 Å². The first-order chi connectivity index (χ1) is 38.6. The molecule has 0 amide bonds. The third kappa shape index (κ3) is 19.2. The smallest absolute Gasteiger partial charge is 0.500 e. The summed E-state index contributed by atoms with van der Waals surface area (Å²) in [5, 5.41) is 25.4. The van der Waals surface area contributed by atoms with Gasteiger partial charge in [0.2, 0.25) is 0 Å². The molecule has 0 fully saturated rings. The second-order valence-corrected chi connectivity index (χ2v) is 18.0. The van der Waals surface area contributed by atoms with Gasteiger partial charge in [0.15, 0.2) is 0 Å². The molecular formula is C63H53F5Ir2N4O8S-4. The van der Waals surface area contributed by atoms with Crippen LogP contribution in [0.25, 0.3) is 88.9 Å². The van der Waals surface area contributed by atoms with Crippen LogP contribution in [0, 0.1) is 51.1 Å². The molecule has 6 aromatic carbocycles. The number of nitrogens with zero attached hydrogens (tertiary/aromatic N) is 4. The molecule has 0 saturated heterocycles. The SMILES string of the molecule is CCO.CO.Cc1ccnc(-c2[c-]ccc3c2oc2cc(F)ccc23)c1.Cc1ccnc(-c2cccc3c2oc2cc(F)ccc23)c1.O=S(=O)(OO)C(F)(F)F.[CH3-].[Ir].[Ir].[c-]1ccccc1-c1ccccn1.[c-]1ccccc1-c1ccccn1. The Morgan fingerprint density at radius 1 is 0.530 bits per heavy atom. The number of aryl methyl sites for hydroxylation is 2. The predicted octanol–water partition coefficient (Wildman–Crippen LogP) is 15.5. The number of alkyl halides is 3. The predicted molar refractivity (Wildman–Crippen MR) is 305 cm³/mol. The van der Waals surface area contributed by atoms with E-state index in [4.69, 9.17) is 24.3 Å². The summed E-state index contributed by atoms with van der Waals surface area (Å²) in [7, 11) is -4.78. The number of aliphatic hydroxyl groups is 2. The van der Waals surface area contributed by atoms with Gasteiger partial charge in [-0.1, -0.05) is 59.0 Å². The largest absolute Gasteiger partial charge is 0.525 e. The van der Waals surface area contributed by atoms with Crippen molar-refractivity contribution in [2.75, 3.05) is 13.7 Å². The molecule has 6 heterocycles. The Kier molecular flexibility index (Phi) is 28.5. The first kappa shape index (κ1) is 69.5. The van der Waals surface area contributed by atoms with Crippen molar-refractivity contribution in [2.45, 2.75) is 26.3 Å². The Labute approximate surface area is 504 Å². The summed E-state index contributed by atoms with van der Waals surface area (Å²) in [4.78, 5) is 17.2. The molecule has 12 nitrogen and oxygen atoms in total. The molecule has 20 heteroatoms. The summed E-state index contributed by atoms with van der Waals surface area (Å²) < 4.78 is 92.3. The molecule has 6 aromatic heterocycles. The van der Waals surface area contributed by atoms with Crippen LogP contribution in [0.2, 0.25) is 0 Å². The number of furan rings is 2. The normalized spacial score (nSPS) is 10.3. The molecule has 0 aliphatic heterocycles. The number of halogens is 5. The van der Waals surface area contributed by atoms with Gasteiger partial charge in [0, 0.05) is 113 Å². The molecule has 2 radical (unpaired) electrons. The zero-order valence-corrected chi connectivity index (χ0v) is 50.5. The van der Waals surface area contributed by atoms with Crippen LogP contribution in [0.1, 0.15) is 18.1 Å². The molecule has 0 bridgehead atoms. The van der Waals surface area contributed by atoms with E-state index in [1.807, 2.05) is 153 Å². The van der Waals surface area contributed by atoms with E-state index in [9.17, 15) is 30.4 Å². The zero-order chi connectivity index (χ0) is 57.7. The number of aromatic nitrogens is 4. The van der Waals surface area contributed by atoms with Gasteiger partial charge in [0.05, 0.1) is 11.3 Å². The van der Waals surface area contributed by atoms with Crippen LogP contribution in [-0.2, 0) is 54.7 Å².